The van der Waals surface area contributed by atoms with Crippen molar-refractivity contribution in [3.63, 3.8) is 0 Å². The SMILES string of the molecule is C/C(CC(=O)Nc1cc([N+](=O)[O-])ccc1Cl)=N\NC(=O)c1ccccc1F. The molecule has 2 N–H and O–H groups in total. The molecular weight excluding hydrogens is 379 g/mol. The Morgan fingerprint density at radius 2 is 1.96 bits per heavy atom. The lowest BCUT2D eigenvalue weighted by atomic mass is 10.2. The summed E-state index contributed by atoms with van der Waals surface area (Å²) in [6, 6.07) is 9.03. The molecule has 2 rings (SSSR count). The Hall–Kier alpha value is -3.33. The quantitative estimate of drug-likeness (QED) is 0.444. The third kappa shape index (κ3) is 5.58. The minimum atomic E-state index is -0.755. The molecule has 0 radical (unpaired) electrons. The highest BCUT2D eigenvalue weighted by Gasteiger charge is 2.13. The number of rotatable bonds is 6. The summed E-state index contributed by atoms with van der Waals surface area (Å²) in [4.78, 5) is 34.1. The maximum atomic E-state index is 13.5. The maximum Gasteiger partial charge on any atom is 0.274 e. The molecule has 0 saturated carbocycles. The van der Waals surface area contributed by atoms with Crippen LogP contribution in [0.5, 0.6) is 0 Å². The minimum Gasteiger partial charge on any atom is -0.324 e. The summed E-state index contributed by atoms with van der Waals surface area (Å²) in [5.41, 5.74) is 2.07. The van der Waals surface area contributed by atoms with Crippen LogP contribution in [0, 0.1) is 15.9 Å². The first kappa shape index (κ1) is 20.0. The van der Waals surface area contributed by atoms with Gasteiger partial charge < -0.3 is 5.32 Å². The zero-order chi connectivity index (χ0) is 20.0. The number of halogens is 2. The number of nitro groups is 1. The summed E-state index contributed by atoms with van der Waals surface area (Å²) in [6.45, 7) is 1.48. The lowest BCUT2D eigenvalue weighted by molar-refractivity contribution is -0.384. The molecule has 0 aliphatic heterocycles. The van der Waals surface area contributed by atoms with Crippen molar-refractivity contribution in [1.82, 2.24) is 5.43 Å². The molecule has 0 unspecified atom stereocenters. The monoisotopic (exact) mass is 392 g/mol. The Balaban J connectivity index is 1.98. The third-order valence-electron chi connectivity index (χ3n) is 3.32. The molecule has 140 valence electrons. The fourth-order valence-electron chi connectivity index (χ4n) is 2.04. The molecule has 8 nitrogen and oxygen atoms in total. The number of amides is 2. The molecule has 2 aromatic rings. The van der Waals surface area contributed by atoms with Gasteiger partial charge in [0.2, 0.25) is 5.91 Å². The number of carbonyl (C=O) groups is 2. The summed E-state index contributed by atoms with van der Waals surface area (Å²) < 4.78 is 13.5. The van der Waals surface area contributed by atoms with Gasteiger partial charge in [-0.1, -0.05) is 23.7 Å². The van der Waals surface area contributed by atoms with Crippen molar-refractivity contribution in [2.24, 2.45) is 5.10 Å². The number of nitro benzene ring substituents is 1. The van der Waals surface area contributed by atoms with Crippen molar-refractivity contribution < 1.29 is 18.9 Å². The van der Waals surface area contributed by atoms with Gasteiger partial charge in [0.05, 0.1) is 27.6 Å². The number of anilines is 1. The number of benzene rings is 2. The number of carbonyl (C=O) groups excluding carboxylic acids is 2. The fraction of sp³-hybridized carbons (Fsp3) is 0.118. The van der Waals surface area contributed by atoms with E-state index in [-0.39, 0.29) is 34.1 Å². The second-order valence-corrected chi connectivity index (χ2v) is 5.82. The zero-order valence-corrected chi connectivity index (χ0v) is 14.8. The standard InChI is InChI=1S/C17H14ClFN4O4/c1-10(21-22-17(25)12-4-2-3-5-14(12)19)8-16(24)20-15-9-11(23(26)27)6-7-13(15)18/h2-7,9H,8H2,1H3,(H,20,24)(H,22,25)/b21-10+. The molecule has 0 aliphatic carbocycles. The molecule has 2 amide bonds. The summed E-state index contributed by atoms with van der Waals surface area (Å²) in [7, 11) is 0. The van der Waals surface area contributed by atoms with E-state index >= 15 is 0 Å². The second kappa shape index (κ2) is 8.86. The van der Waals surface area contributed by atoms with E-state index in [1.165, 1.54) is 37.3 Å². The molecule has 0 aliphatic rings. The molecule has 27 heavy (non-hydrogen) atoms. The van der Waals surface area contributed by atoms with Crippen LogP contribution in [-0.4, -0.2) is 22.4 Å². The summed E-state index contributed by atoms with van der Waals surface area (Å²) in [5, 5.41) is 17.1. The van der Waals surface area contributed by atoms with Crippen molar-refractivity contribution in [1.29, 1.82) is 0 Å². The van der Waals surface area contributed by atoms with Crippen molar-refractivity contribution in [3.05, 3.63) is 69.0 Å². The summed E-state index contributed by atoms with van der Waals surface area (Å²) in [5.74, 6) is -1.99. The van der Waals surface area contributed by atoms with Crippen LogP contribution in [0.25, 0.3) is 0 Å². The first-order chi connectivity index (χ1) is 12.8. The topological polar surface area (TPSA) is 114 Å². The van der Waals surface area contributed by atoms with Gasteiger partial charge in [0, 0.05) is 17.8 Å². The van der Waals surface area contributed by atoms with E-state index in [0.29, 0.717) is 0 Å². The Bertz CT molecular complexity index is 933. The zero-order valence-electron chi connectivity index (χ0n) is 14.0. The number of hydrogen-bond acceptors (Lipinski definition) is 5. The molecular formula is C17H14ClFN4O4. The van der Waals surface area contributed by atoms with E-state index in [1.807, 2.05) is 0 Å². The number of nitrogens with one attached hydrogen (secondary N) is 2. The Morgan fingerprint density at radius 1 is 1.26 bits per heavy atom. The predicted molar refractivity (Wildman–Crippen MR) is 98.3 cm³/mol. The van der Waals surface area contributed by atoms with E-state index in [1.54, 1.807) is 0 Å². The molecule has 0 fully saturated rings. The van der Waals surface area contributed by atoms with Crippen LogP contribution in [0.15, 0.2) is 47.6 Å². The van der Waals surface area contributed by atoms with Gasteiger partial charge in [0.1, 0.15) is 5.82 Å². The van der Waals surface area contributed by atoms with Gasteiger partial charge in [-0.15, -0.1) is 0 Å². The molecule has 0 saturated heterocycles. The van der Waals surface area contributed by atoms with E-state index in [9.17, 15) is 24.1 Å². The minimum absolute atomic E-state index is 0.0825. The van der Waals surface area contributed by atoms with E-state index in [2.05, 4.69) is 15.8 Å². The van der Waals surface area contributed by atoms with Crippen molar-refractivity contribution in [3.8, 4) is 0 Å². The lowest BCUT2D eigenvalue weighted by Crippen LogP contribution is -2.22. The van der Waals surface area contributed by atoms with Crippen LogP contribution >= 0.6 is 11.6 Å². The van der Waals surface area contributed by atoms with E-state index in [4.69, 9.17) is 11.6 Å². The van der Waals surface area contributed by atoms with Gasteiger partial charge in [-0.25, -0.2) is 9.82 Å². The highest BCUT2D eigenvalue weighted by atomic mass is 35.5. The summed E-state index contributed by atoms with van der Waals surface area (Å²) in [6.07, 6.45) is -0.212. The van der Waals surface area contributed by atoms with Crippen LogP contribution in [0.2, 0.25) is 5.02 Å². The van der Waals surface area contributed by atoms with Crippen LogP contribution in [0.3, 0.4) is 0 Å². The van der Waals surface area contributed by atoms with Crippen LogP contribution < -0.4 is 10.7 Å². The summed E-state index contributed by atoms with van der Waals surface area (Å²) >= 11 is 5.91. The third-order valence-corrected chi connectivity index (χ3v) is 3.65. The van der Waals surface area contributed by atoms with Crippen molar-refractivity contribution in [2.75, 3.05) is 5.32 Å². The number of hydrazone groups is 1. The predicted octanol–water partition coefficient (Wildman–Crippen LogP) is 3.52. The lowest BCUT2D eigenvalue weighted by Gasteiger charge is -2.07. The number of hydrogen-bond donors (Lipinski definition) is 2. The molecule has 0 bridgehead atoms. The number of non-ortho nitro benzene ring substituents is 1. The fourth-order valence-corrected chi connectivity index (χ4v) is 2.21. The van der Waals surface area contributed by atoms with Crippen LogP contribution in [0.1, 0.15) is 23.7 Å². The van der Waals surface area contributed by atoms with E-state index in [0.717, 1.165) is 12.1 Å². The average molecular weight is 393 g/mol. The van der Waals surface area contributed by atoms with Crippen molar-refractivity contribution in [2.45, 2.75) is 13.3 Å². The molecule has 0 heterocycles. The Kier molecular flexibility index (Phi) is 6.56. The van der Waals surface area contributed by atoms with Crippen molar-refractivity contribution >= 4 is 40.5 Å². The number of nitrogens with zero attached hydrogens (tertiary/aromatic N) is 2. The maximum absolute atomic E-state index is 13.5. The van der Waals surface area contributed by atoms with Gasteiger partial charge in [-0.05, 0) is 25.1 Å². The second-order valence-electron chi connectivity index (χ2n) is 5.41. The van der Waals surface area contributed by atoms with Gasteiger partial charge in [0.15, 0.2) is 0 Å². The Morgan fingerprint density at radius 3 is 2.63 bits per heavy atom. The van der Waals surface area contributed by atoms with E-state index < -0.39 is 22.6 Å². The van der Waals surface area contributed by atoms with Crippen LogP contribution in [0.4, 0.5) is 15.8 Å². The van der Waals surface area contributed by atoms with Gasteiger partial charge >= 0.3 is 0 Å². The van der Waals surface area contributed by atoms with Crippen LogP contribution in [-0.2, 0) is 4.79 Å². The normalized spacial score (nSPS) is 11.0. The highest BCUT2D eigenvalue weighted by molar-refractivity contribution is 6.33. The largest absolute Gasteiger partial charge is 0.324 e. The molecule has 0 atom stereocenters. The molecule has 2 aromatic carbocycles. The Labute approximate surface area is 158 Å². The highest BCUT2D eigenvalue weighted by Crippen LogP contribution is 2.26. The molecule has 0 spiro atoms. The van der Waals surface area contributed by atoms with Gasteiger partial charge in [0.25, 0.3) is 11.6 Å². The average Bonchev–Trinajstić information content (AvgIpc) is 2.61. The smallest absolute Gasteiger partial charge is 0.274 e. The molecule has 10 heteroatoms. The van der Waals surface area contributed by atoms with Gasteiger partial charge in [-0.2, -0.15) is 5.10 Å². The first-order valence-electron chi connectivity index (χ1n) is 7.59. The molecule has 0 aromatic heterocycles. The first-order valence-corrected chi connectivity index (χ1v) is 7.97. The van der Waals surface area contributed by atoms with Gasteiger partial charge in [-0.3, -0.25) is 19.7 Å².